The van der Waals surface area contributed by atoms with Crippen LogP contribution in [0.2, 0.25) is 0 Å². The molecule has 1 saturated heterocycles. The van der Waals surface area contributed by atoms with E-state index in [-0.39, 0.29) is 24.1 Å². The molecule has 5 rings (SSSR count). The Kier molecular flexibility index (Phi) is 5.86. The van der Waals surface area contributed by atoms with E-state index in [4.69, 9.17) is 0 Å². The molecule has 4 aromatic rings. The Morgan fingerprint density at radius 3 is 2.68 bits per heavy atom. The smallest absolute Gasteiger partial charge is 0.291 e. The first-order valence-corrected chi connectivity index (χ1v) is 12.1. The van der Waals surface area contributed by atoms with Crippen molar-refractivity contribution in [3.8, 4) is 0 Å². The number of carbonyl (C=O) groups excluding carboxylic acids is 1. The third-order valence-corrected chi connectivity index (χ3v) is 6.82. The number of aromatic nitrogens is 3. The topological polar surface area (TPSA) is 63.4 Å². The van der Waals surface area contributed by atoms with Gasteiger partial charge in [-0.3, -0.25) is 9.59 Å². The molecule has 176 valence electrons. The summed E-state index contributed by atoms with van der Waals surface area (Å²) in [5, 5.41) is 6.26. The molecule has 3 heterocycles. The summed E-state index contributed by atoms with van der Waals surface area (Å²) in [6, 6.07) is 16.7. The van der Waals surface area contributed by atoms with Gasteiger partial charge in [-0.1, -0.05) is 37.3 Å². The van der Waals surface area contributed by atoms with Crippen molar-refractivity contribution in [2.45, 2.75) is 46.3 Å². The minimum Gasteiger partial charge on any atom is -0.365 e. The number of para-hydroxylation sites is 1. The summed E-state index contributed by atoms with van der Waals surface area (Å²) in [5.41, 5.74) is 3.87. The van der Waals surface area contributed by atoms with E-state index >= 15 is 0 Å². The van der Waals surface area contributed by atoms with Crippen molar-refractivity contribution in [1.82, 2.24) is 19.2 Å². The number of aryl methyl sites for hydroxylation is 2. The van der Waals surface area contributed by atoms with Crippen molar-refractivity contribution in [2.24, 2.45) is 0 Å². The van der Waals surface area contributed by atoms with Crippen LogP contribution < -0.4 is 10.5 Å². The van der Waals surface area contributed by atoms with Crippen LogP contribution in [-0.4, -0.2) is 50.8 Å². The monoisotopic (exact) mass is 457 g/mol. The number of hydrogen-bond acceptors (Lipinski definition) is 4. The number of amides is 1. The lowest BCUT2D eigenvalue weighted by Gasteiger charge is -2.41. The maximum absolute atomic E-state index is 13.4. The van der Waals surface area contributed by atoms with E-state index in [2.05, 4.69) is 59.6 Å². The molecule has 1 atom stereocenters. The van der Waals surface area contributed by atoms with Gasteiger partial charge in [-0.05, 0) is 44.0 Å². The van der Waals surface area contributed by atoms with Crippen LogP contribution in [0.1, 0.15) is 25.8 Å². The molecule has 0 spiro atoms. The zero-order valence-corrected chi connectivity index (χ0v) is 20.1. The fourth-order valence-electron chi connectivity index (χ4n) is 5.16. The van der Waals surface area contributed by atoms with E-state index < -0.39 is 0 Å². The maximum Gasteiger partial charge on any atom is 0.291 e. The zero-order chi connectivity index (χ0) is 23.8. The van der Waals surface area contributed by atoms with Crippen LogP contribution in [-0.2, 0) is 17.9 Å². The first-order chi connectivity index (χ1) is 16.5. The Balaban J connectivity index is 1.39. The number of fused-ring (bicyclic) bond motifs is 3. The van der Waals surface area contributed by atoms with Gasteiger partial charge >= 0.3 is 0 Å². The molecule has 0 saturated carbocycles. The highest BCUT2D eigenvalue weighted by atomic mass is 16.2. The summed E-state index contributed by atoms with van der Waals surface area (Å²) in [5.74, 6) is -0.0668. The average molecular weight is 458 g/mol. The standard InChI is InChI=1S/C27H31N5O2/c1-4-12-31-24-11-6-5-10-22(24)23-16-28-32(27(34)26(23)31)18-25(33)29-13-14-30(20(3)17-29)21-9-7-8-19(2)15-21/h5-11,15-16,20H,4,12-14,17-18H2,1-3H3. The Morgan fingerprint density at radius 2 is 1.91 bits per heavy atom. The van der Waals surface area contributed by atoms with Crippen LogP contribution in [0.15, 0.2) is 59.5 Å². The van der Waals surface area contributed by atoms with E-state index in [0.717, 1.165) is 35.8 Å². The minimum absolute atomic E-state index is 0.0421. The molecule has 1 aliphatic heterocycles. The normalized spacial score (nSPS) is 16.5. The van der Waals surface area contributed by atoms with Crippen molar-refractivity contribution in [3.63, 3.8) is 0 Å². The highest BCUT2D eigenvalue weighted by Gasteiger charge is 2.27. The number of hydrogen-bond donors (Lipinski definition) is 0. The predicted octanol–water partition coefficient (Wildman–Crippen LogP) is 3.81. The summed E-state index contributed by atoms with van der Waals surface area (Å²) in [6.45, 7) is 9.06. The number of nitrogens with zero attached hydrogens (tertiary/aromatic N) is 5. The quantitative estimate of drug-likeness (QED) is 0.457. The van der Waals surface area contributed by atoms with Crippen LogP contribution in [0.25, 0.3) is 21.8 Å². The van der Waals surface area contributed by atoms with Crippen molar-refractivity contribution < 1.29 is 4.79 Å². The number of benzene rings is 2. The molecule has 2 aromatic carbocycles. The van der Waals surface area contributed by atoms with Gasteiger partial charge in [-0.2, -0.15) is 5.10 Å². The highest BCUT2D eigenvalue weighted by molar-refractivity contribution is 6.07. The largest absolute Gasteiger partial charge is 0.365 e. The number of piperazine rings is 1. The molecule has 1 fully saturated rings. The second-order valence-corrected chi connectivity index (χ2v) is 9.26. The Morgan fingerprint density at radius 1 is 1.09 bits per heavy atom. The van der Waals surface area contributed by atoms with Gasteiger partial charge in [0.1, 0.15) is 12.1 Å². The van der Waals surface area contributed by atoms with Crippen LogP contribution in [0.5, 0.6) is 0 Å². The molecular weight excluding hydrogens is 426 g/mol. The summed E-state index contributed by atoms with van der Waals surface area (Å²) < 4.78 is 3.39. The number of anilines is 1. The van der Waals surface area contributed by atoms with Gasteiger partial charge in [0.25, 0.3) is 5.56 Å². The molecule has 7 heteroatoms. The molecule has 7 nitrogen and oxygen atoms in total. The number of carbonyl (C=O) groups is 1. The first-order valence-electron chi connectivity index (χ1n) is 12.1. The van der Waals surface area contributed by atoms with E-state index in [1.807, 2.05) is 29.2 Å². The molecule has 1 aliphatic rings. The van der Waals surface area contributed by atoms with Crippen LogP contribution in [0, 0.1) is 6.92 Å². The fourth-order valence-corrected chi connectivity index (χ4v) is 5.16. The third-order valence-electron chi connectivity index (χ3n) is 6.82. The minimum atomic E-state index is -0.207. The van der Waals surface area contributed by atoms with E-state index in [1.54, 1.807) is 6.20 Å². The third kappa shape index (κ3) is 3.85. The average Bonchev–Trinajstić information content (AvgIpc) is 3.15. The zero-order valence-electron chi connectivity index (χ0n) is 20.1. The lowest BCUT2D eigenvalue weighted by atomic mass is 10.1. The molecule has 34 heavy (non-hydrogen) atoms. The van der Waals surface area contributed by atoms with Crippen molar-refractivity contribution in [3.05, 3.63) is 70.6 Å². The molecule has 0 radical (unpaired) electrons. The van der Waals surface area contributed by atoms with Gasteiger partial charge in [0.05, 0.1) is 6.20 Å². The van der Waals surface area contributed by atoms with Gasteiger partial charge in [-0.25, -0.2) is 4.68 Å². The first kappa shape index (κ1) is 22.2. The summed E-state index contributed by atoms with van der Waals surface area (Å²) in [6.07, 6.45) is 2.65. The van der Waals surface area contributed by atoms with E-state index in [0.29, 0.717) is 18.6 Å². The molecule has 1 amide bonds. The van der Waals surface area contributed by atoms with E-state index in [1.165, 1.54) is 15.9 Å². The lowest BCUT2D eigenvalue weighted by molar-refractivity contribution is -0.132. The van der Waals surface area contributed by atoms with E-state index in [9.17, 15) is 9.59 Å². The predicted molar refractivity (Wildman–Crippen MR) is 136 cm³/mol. The molecule has 0 N–H and O–H groups in total. The molecule has 0 bridgehead atoms. The maximum atomic E-state index is 13.4. The van der Waals surface area contributed by atoms with Crippen LogP contribution in [0.3, 0.4) is 0 Å². The second kappa shape index (κ2) is 8.97. The summed E-state index contributed by atoms with van der Waals surface area (Å²) in [4.78, 5) is 30.8. The Bertz CT molecular complexity index is 1420. The summed E-state index contributed by atoms with van der Waals surface area (Å²) in [7, 11) is 0. The Hall–Kier alpha value is -3.61. The van der Waals surface area contributed by atoms with Crippen molar-refractivity contribution in [2.75, 3.05) is 24.5 Å². The van der Waals surface area contributed by atoms with Gasteiger partial charge in [0.2, 0.25) is 5.91 Å². The summed E-state index contributed by atoms with van der Waals surface area (Å²) >= 11 is 0. The van der Waals surface area contributed by atoms with Gasteiger partial charge in [0, 0.05) is 54.2 Å². The fraction of sp³-hybridized carbons (Fsp3) is 0.370. The van der Waals surface area contributed by atoms with Crippen LogP contribution in [0.4, 0.5) is 5.69 Å². The lowest BCUT2D eigenvalue weighted by Crippen LogP contribution is -2.54. The van der Waals surface area contributed by atoms with Gasteiger partial charge < -0.3 is 14.4 Å². The van der Waals surface area contributed by atoms with Crippen LogP contribution >= 0.6 is 0 Å². The molecule has 2 aromatic heterocycles. The number of rotatable bonds is 5. The van der Waals surface area contributed by atoms with Gasteiger partial charge in [0.15, 0.2) is 0 Å². The second-order valence-electron chi connectivity index (χ2n) is 9.26. The SMILES string of the molecule is CCCn1c2ccccc2c2cnn(CC(=O)N3CCN(c4cccc(C)c4)C(C)C3)c(=O)c21. The molecule has 0 aliphatic carbocycles. The Labute approximate surface area is 199 Å². The van der Waals surface area contributed by atoms with Crippen molar-refractivity contribution >= 4 is 33.4 Å². The molecular formula is C27H31N5O2. The molecule has 1 unspecified atom stereocenters. The highest BCUT2D eigenvalue weighted by Crippen LogP contribution is 2.26. The van der Waals surface area contributed by atoms with Crippen molar-refractivity contribution in [1.29, 1.82) is 0 Å². The van der Waals surface area contributed by atoms with Gasteiger partial charge in [-0.15, -0.1) is 0 Å².